The van der Waals surface area contributed by atoms with E-state index >= 15 is 0 Å². The predicted octanol–water partition coefficient (Wildman–Crippen LogP) is 1.22. The second-order valence-corrected chi connectivity index (χ2v) is 13.5. The van der Waals surface area contributed by atoms with Crippen molar-refractivity contribution in [2.24, 2.45) is 5.14 Å². The number of aliphatic hydroxyl groups is 1. The average Bonchev–Trinajstić information content (AvgIpc) is 3.32. The van der Waals surface area contributed by atoms with E-state index < -0.39 is 31.8 Å². The Bertz CT molecular complexity index is 1540. The lowest BCUT2D eigenvalue weighted by molar-refractivity contribution is -0.0312. The second kappa shape index (κ2) is 11.1. The molecule has 5 rings (SSSR count). The van der Waals surface area contributed by atoms with Crippen molar-refractivity contribution in [2.75, 3.05) is 32.8 Å². The quantitative estimate of drug-likeness (QED) is 0.340. The first kappa shape index (κ1) is 27.9. The number of aromatic nitrogens is 1. The molecule has 1 aromatic heterocycles. The van der Waals surface area contributed by atoms with E-state index in [0.29, 0.717) is 44.7 Å². The molecule has 1 spiro atoms. The average molecular weight is 577 g/mol. The van der Waals surface area contributed by atoms with E-state index in [4.69, 9.17) is 14.6 Å². The third-order valence-electron chi connectivity index (χ3n) is 7.27. The molecule has 2 fully saturated rings. The summed E-state index contributed by atoms with van der Waals surface area (Å²) < 4.78 is 62.7. The number of pyridine rings is 1. The molecule has 39 heavy (non-hydrogen) atoms. The summed E-state index contributed by atoms with van der Waals surface area (Å²) in [5, 5.41) is 19.6. The molecule has 11 nitrogen and oxygen atoms in total. The lowest BCUT2D eigenvalue weighted by Gasteiger charge is -2.38. The van der Waals surface area contributed by atoms with Crippen molar-refractivity contribution >= 4 is 30.9 Å². The molecule has 210 valence electrons. The number of fused-ring (bicyclic) bond motifs is 1. The summed E-state index contributed by atoms with van der Waals surface area (Å²) in [6.07, 6.45) is 2.74. The fraction of sp³-hybridized carbons (Fsp3) is 0.423. The molecule has 2 aliphatic rings. The molecule has 0 aliphatic carbocycles. The highest BCUT2D eigenvalue weighted by atomic mass is 32.2. The third kappa shape index (κ3) is 6.40. The largest absolute Gasteiger partial charge is 0.491 e. The van der Waals surface area contributed by atoms with E-state index in [9.17, 15) is 21.9 Å². The van der Waals surface area contributed by atoms with Crippen LogP contribution in [-0.4, -0.2) is 81.8 Å². The zero-order chi connectivity index (χ0) is 27.7. The second-order valence-electron chi connectivity index (χ2n) is 10.1. The molecular weight excluding hydrogens is 544 g/mol. The topological polar surface area (TPSA) is 161 Å². The minimum Gasteiger partial charge on any atom is -0.491 e. The monoisotopic (exact) mass is 576 g/mol. The number of nitrogens with one attached hydrogen (secondary N) is 1. The molecule has 2 unspecified atom stereocenters. The number of benzene rings is 2. The van der Waals surface area contributed by atoms with Crippen LogP contribution in [0.4, 0.5) is 0 Å². The minimum atomic E-state index is -3.84. The number of hydrogen-bond acceptors (Lipinski definition) is 9. The summed E-state index contributed by atoms with van der Waals surface area (Å²) in [5.74, 6) is 0.297. The zero-order valence-electron chi connectivity index (χ0n) is 21.3. The highest BCUT2D eigenvalue weighted by molar-refractivity contribution is 7.89. The van der Waals surface area contributed by atoms with Crippen molar-refractivity contribution in [1.82, 2.24) is 14.6 Å². The van der Waals surface area contributed by atoms with Crippen LogP contribution in [0.25, 0.3) is 10.9 Å². The summed E-state index contributed by atoms with van der Waals surface area (Å²) in [6, 6.07) is 14.4. The van der Waals surface area contributed by atoms with Crippen molar-refractivity contribution < 1.29 is 31.4 Å². The van der Waals surface area contributed by atoms with Gasteiger partial charge in [-0.15, -0.1) is 0 Å². The predicted molar refractivity (Wildman–Crippen MR) is 144 cm³/mol. The van der Waals surface area contributed by atoms with Crippen molar-refractivity contribution in [3.8, 4) is 5.75 Å². The fourth-order valence-corrected chi connectivity index (χ4v) is 7.14. The van der Waals surface area contributed by atoms with Gasteiger partial charge in [0.25, 0.3) is 0 Å². The third-order valence-corrected chi connectivity index (χ3v) is 10.1. The Labute approximate surface area is 228 Å². The van der Waals surface area contributed by atoms with Crippen molar-refractivity contribution in [3.05, 3.63) is 60.8 Å². The van der Waals surface area contributed by atoms with Gasteiger partial charge >= 0.3 is 0 Å². The van der Waals surface area contributed by atoms with Gasteiger partial charge in [0.2, 0.25) is 20.0 Å². The Hall–Kier alpha value is -2.65. The SMILES string of the molecule is NS(=O)(=O)c1cccc(OCC(O)CNC2COC3(CCN(S(=O)(=O)c4ccc5ncccc5c4)CC3)C2)c1. The minimum absolute atomic E-state index is 0.0153. The van der Waals surface area contributed by atoms with Crippen LogP contribution in [0.5, 0.6) is 5.75 Å². The highest BCUT2D eigenvalue weighted by Crippen LogP contribution is 2.37. The lowest BCUT2D eigenvalue weighted by atomic mass is 9.88. The molecule has 3 heterocycles. The van der Waals surface area contributed by atoms with Gasteiger partial charge in [-0.05, 0) is 55.7 Å². The number of primary sulfonamides is 1. The Morgan fingerprint density at radius 2 is 1.90 bits per heavy atom. The normalized spacial score (nSPS) is 20.8. The van der Waals surface area contributed by atoms with E-state index in [1.54, 1.807) is 36.5 Å². The van der Waals surface area contributed by atoms with E-state index in [1.807, 2.05) is 6.07 Å². The van der Waals surface area contributed by atoms with Crippen molar-refractivity contribution in [2.45, 2.75) is 46.8 Å². The van der Waals surface area contributed by atoms with Crippen LogP contribution in [0.15, 0.2) is 70.6 Å². The summed E-state index contributed by atoms with van der Waals surface area (Å²) in [6.45, 7) is 1.44. The first-order valence-electron chi connectivity index (χ1n) is 12.7. The molecule has 2 aromatic carbocycles. The van der Waals surface area contributed by atoms with Crippen LogP contribution in [0.3, 0.4) is 0 Å². The maximum atomic E-state index is 13.3. The number of sulfonamides is 2. The highest BCUT2D eigenvalue weighted by Gasteiger charge is 2.44. The van der Waals surface area contributed by atoms with Crippen LogP contribution in [-0.2, 0) is 24.8 Å². The molecule has 2 atom stereocenters. The molecule has 0 radical (unpaired) electrons. The number of nitrogens with zero attached hydrogens (tertiary/aromatic N) is 2. The van der Waals surface area contributed by atoms with Crippen LogP contribution < -0.4 is 15.2 Å². The van der Waals surface area contributed by atoms with Crippen LogP contribution in [0, 0.1) is 0 Å². The number of piperidine rings is 1. The van der Waals surface area contributed by atoms with E-state index in [0.717, 1.165) is 10.9 Å². The summed E-state index contributed by atoms with van der Waals surface area (Å²) >= 11 is 0. The van der Waals surface area contributed by atoms with E-state index in [-0.39, 0.29) is 29.0 Å². The number of aliphatic hydroxyl groups excluding tert-OH is 1. The number of hydrogen-bond donors (Lipinski definition) is 3. The fourth-order valence-electron chi connectivity index (χ4n) is 5.12. The first-order chi connectivity index (χ1) is 18.5. The van der Waals surface area contributed by atoms with Gasteiger partial charge < -0.3 is 19.9 Å². The Balaban J connectivity index is 1.10. The van der Waals surface area contributed by atoms with Gasteiger partial charge in [-0.25, -0.2) is 22.0 Å². The molecular formula is C26H32N4O7S2. The Morgan fingerprint density at radius 1 is 1.10 bits per heavy atom. The van der Waals surface area contributed by atoms with Gasteiger partial charge in [-0.2, -0.15) is 4.31 Å². The Morgan fingerprint density at radius 3 is 2.67 bits per heavy atom. The smallest absolute Gasteiger partial charge is 0.243 e. The molecule has 3 aromatic rings. The number of rotatable bonds is 9. The van der Waals surface area contributed by atoms with Gasteiger partial charge in [0, 0.05) is 43.3 Å². The van der Waals surface area contributed by atoms with Gasteiger partial charge in [-0.3, -0.25) is 4.98 Å². The zero-order valence-corrected chi connectivity index (χ0v) is 22.9. The van der Waals surface area contributed by atoms with Crippen molar-refractivity contribution in [3.63, 3.8) is 0 Å². The first-order valence-corrected chi connectivity index (χ1v) is 15.7. The van der Waals surface area contributed by atoms with Gasteiger partial charge in [-0.1, -0.05) is 12.1 Å². The van der Waals surface area contributed by atoms with E-state index in [2.05, 4.69) is 10.3 Å². The van der Waals surface area contributed by atoms with Crippen LogP contribution in [0.2, 0.25) is 0 Å². The number of ether oxygens (including phenoxy) is 2. The molecule has 2 aliphatic heterocycles. The molecule has 13 heteroatoms. The van der Waals surface area contributed by atoms with Crippen LogP contribution in [0.1, 0.15) is 19.3 Å². The van der Waals surface area contributed by atoms with Crippen LogP contribution >= 0.6 is 0 Å². The molecule has 2 saturated heterocycles. The molecule has 4 N–H and O–H groups in total. The maximum Gasteiger partial charge on any atom is 0.243 e. The summed E-state index contributed by atoms with van der Waals surface area (Å²) in [5.41, 5.74) is 0.354. The van der Waals surface area contributed by atoms with Gasteiger partial charge in [0.05, 0.1) is 27.5 Å². The number of nitrogens with two attached hydrogens (primary N) is 1. The standard InChI is InChI=1S/C26H32N4O7S2/c27-38(32,33)23-5-1-4-22(14-23)36-18-21(31)16-29-20-15-26(37-17-20)8-11-30(12-9-26)39(34,35)24-6-7-25-19(13-24)3-2-10-28-25/h1-7,10,13-14,20-21,29,31H,8-9,11-12,15-18H2,(H2,27,32,33). The molecule has 0 amide bonds. The van der Waals surface area contributed by atoms with Crippen molar-refractivity contribution in [1.29, 1.82) is 0 Å². The summed E-state index contributed by atoms with van der Waals surface area (Å²) in [4.78, 5) is 4.46. The van der Waals surface area contributed by atoms with E-state index in [1.165, 1.54) is 22.5 Å². The molecule has 0 bridgehead atoms. The summed E-state index contributed by atoms with van der Waals surface area (Å²) in [7, 11) is -7.47. The van der Waals surface area contributed by atoms with Gasteiger partial charge in [0.1, 0.15) is 18.5 Å². The van der Waals surface area contributed by atoms with Gasteiger partial charge in [0.15, 0.2) is 0 Å². The Kier molecular flexibility index (Phi) is 7.93. The molecule has 0 saturated carbocycles. The lowest BCUT2D eigenvalue weighted by Crippen LogP contribution is -2.47. The maximum absolute atomic E-state index is 13.3.